The van der Waals surface area contributed by atoms with Gasteiger partial charge >= 0.3 is 0 Å². The fourth-order valence-corrected chi connectivity index (χ4v) is 9.68. The molecule has 0 saturated heterocycles. The number of aromatic nitrogens is 2. The summed E-state index contributed by atoms with van der Waals surface area (Å²) < 4.78 is 0. The van der Waals surface area contributed by atoms with Crippen LogP contribution in [0.2, 0.25) is 0 Å². The Bertz CT molecular complexity index is 3080. The Kier molecular flexibility index (Phi) is 6.98. The number of fused-ring (bicyclic) bond motifs is 8. The van der Waals surface area contributed by atoms with Crippen LogP contribution in [-0.4, -0.2) is 9.97 Å². The number of rotatable bonds is 4. The van der Waals surface area contributed by atoms with Crippen LogP contribution in [0.1, 0.15) is 49.9 Å². The van der Waals surface area contributed by atoms with Gasteiger partial charge in [-0.05, 0) is 108 Å². The Labute approximate surface area is 328 Å². The molecule has 0 saturated carbocycles. The number of nitrogens with zero attached hydrogens (tertiary/aromatic N) is 2. The largest absolute Gasteiger partial charge is 0.228 e. The SMILES string of the molecule is CC1(C)c2ccccc2-c2ccc(-c3cc(-c4ccc(-c5ccc6c(c5)C(C)(C)c5cc7ccccc7cc5-6)c5ccccc45)nc(-c4ccccc4)n3)cc21. The molecule has 2 aliphatic rings. The Morgan fingerprint density at radius 1 is 0.321 bits per heavy atom. The van der Waals surface area contributed by atoms with Gasteiger partial charge in [-0.25, -0.2) is 9.97 Å². The quantitative estimate of drug-likeness (QED) is 0.181. The zero-order valence-electron chi connectivity index (χ0n) is 32.1. The molecule has 2 nitrogen and oxygen atoms in total. The maximum Gasteiger partial charge on any atom is 0.160 e. The summed E-state index contributed by atoms with van der Waals surface area (Å²) in [5.74, 6) is 0.724. The van der Waals surface area contributed by atoms with Crippen LogP contribution in [0.4, 0.5) is 0 Å². The molecule has 266 valence electrons. The molecule has 0 N–H and O–H groups in total. The summed E-state index contributed by atoms with van der Waals surface area (Å²) in [5.41, 5.74) is 18.1. The van der Waals surface area contributed by atoms with E-state index in [1.807, 2.05) is 6.07 Å². The zero-order chi connectivity index (χ0) is 37.8. The lowest BCUT2D eigenvalue weighted by Crippen LogP contribution is -2.15. The monoisotopic (exact) mass is 716 g/mol. The maximum absolute atomic E-state index is 5.29. The minimum absolute atomic E-state index is 0.101. The van der Waals surface area contributed by atoms with E-state index in [9.17, 15) is 0 Å². The van der Waals surface area contributed by atoms with Crippen molar-refractivity contribution in [1.82, 2.24) is 9.97 Å². The van der Waals surface area contributed by atoms with Gasteiger partial charge in [0.25, 0.3) is 0 Å². The summed E-state index contributed by atoms with van der Waals surface area (Å²) in [6, 6.07) is 62.2. The second-order valence-corrected chi connectivity index (χ2v) is 16.6. The predicted octanol–water partition coefficient (Wildman–Crippen LogP) is 14.1. The molecule has 1 heterocycles. The van der Waals surface area contributed by atoms with Crippen LogP contribution < -0.4 is 0 Å². The summed E-state index contributed by atoms with van der Waals surface area (Å²) in [5, 5.41) is 4.97. The molecular formula is C54H40N2. The van der Waals surface area contributed by atoms with Crippen LogP contribution in [0, 0.1) is 0 Å². The van der Waals surface area contributed by atoms with E-state index in [0.717, 1.165) is 33.9 Å². The molecular weight excluding hydrogens is 677 g/mol. The third kappa shape index (κ3) is 4.82. The summed E-state index contributed by atoms with van der Waals surface area (Å²) in [7, 11) is 0. The van der Waals surface area contributed by atoms with Gasteiger partial charge in [0.2, 0.25) is 0 Å². The first-order valence-corrected chi connectivity index (χ1v) is 19.7. The van der Waals surface area contributed by atoms with E-state index in [1.165, 1.54) is 77.2 Å². The predicted molar refractivity (Wildman–Crippen MR) is 234 cm³/mol. The van der Waals surface area contributed by atoms with E-state index in [4.69, 9.17) is 9.97 Å². The van der Waals surface area contributed by atoms with Gasteiger partial charge in [0.15, 0.2) is 5.82 Å². The molecule has 56 heavy (non-hydrogen) atoms. The van der Waals surface area contributed by atoms with Gasteiger partial charge in [-0.2, -0.15) is 0 Å². The van der Waals surface area contributed by atoms with E-state index in [2.05, 4.69) is 191 Å². The van der Waals surface area contributed by atoms with Crippen molar-refractivity contribution in [2.24, 2.45) is 0 Å². The van der Waals surface area contributed by atoms with E-state index < -0.39 is 0 Å². The first-order valence-electron chi connectivity index (χ1n) is 19.7. The van der Waals surface area contributed by atoms with Crippen LogP contribution in [0.25, 0.3) is 88.8 Å². The topological polar surface area (TPSA) is 25.8 Å². The first-order chi connectivity index (χ1) is 27.3. The van der Waals surface area contributed by atoms with Gasteiger partial charge in [-0.1, -0.05) is 167 Å². The fourth-order valence-electron chi connectivity index (χ4n) is 9.68. The van der Waals surface area contributed by atoms with Crippen molar-refractivity contribution in [3.63, 3.8) is 0 Å². The highest BCUT2D eigenvalue weighted by molar-refractivity contribution is 6.05. The average Bonchev–Trinajstić information content (AvgIpc) is 3.60. The van der Waals surface area contributed by atoms with Crippen molar-refractivity contribution < 1.29 is 0 Å². The highest BCUT2D eigenvalue weighted by atomic mass is 14.9. The Morgan fingerprint density at radius 2 is 0.839 bits per heavy atom. The van der Waals surface area contributed by atoms with E-state index >= 15 is 0 Å². The number of hydrogen-bond donors (Lipinski definition) is 0. The number of hydrogen-bond acceptors (Lipinski definition) is 2. The molecule has 0 fully saturated rings. The normalized spacial score (nSPS) is 14.4. The van der Waals surface area contributed by atoms with Crippen LogP contribution in [0.15, 0.2) is 170 Å². The highest BCUT2D eigenvalue weighted by Crippen LogP contribution is 2.52. The Balaban J connectivity index is 1.05. The Morgan fingerprint density at radius 3 is 1.62 bits per heavy atom. The minimum Gasteiger partial charge on any atom is -0.228 e. The standard InChI is InChI=1S/C54H40N2/c1-53(2)46-21-13-12-20-41(46)42-25-23-37(31-48(42)53)50-32-51(56-52(55-50)33-14-6-5-7-15-33)44-27-26-38(39-18-10-11-19-40(39)44)36-22-24-43-45-28-34-16-8-9-17-35(34)29-49(45)54(3,4)47(43)30-36/h5-32H,1-4H3. The maximum atomic E-state index is 5.29. The highest BCUT2D eigenvalue weighted by Gasteiger charge is 2.37. The molecule has 0 amide bonds. The molecule has 0 atom stereocenters. The van der Waals surface area contributed by atoms with E-state index in [-0.39, 0.29) is 10.8 Å². The zero-order valence-corrected chi connectivity index (χ0v) is 32.1. The summed E-state index contributed by atoms with van der Waals surface area (Å²) in [4.78, 5) is 10.5. The van der Waals surface area contributed by atoms with Crippen molar-refractivity contribution in [1.29, 1.82) is 0 Å². The van der Waals surface area contributed by atoms with E-state index in [1.54, 1.807) is 0 Å². The van der Waals surface area contributed by atoms with Gasteiger partial charge < -0.3 is 0 Å². The van der Waals surface area contributed by atoms with Crippen LogP contribution in [0.3, 0.4) is 0 Å². The van der Waals surface area contributed by atoms with Gasteiger partial charge in [0, 0.05) is 27.5 Å². The molecule has 0 unspecified atom stereocenters. The van der Waals surface area contributed by atoms with Crippen LogP contribution in [-0.2, 0) is 10.8 Å². The molecule has 0 aliphatic heterocycles. The number of benzene rings is 8. The molecule has 0 spiro atoms. The van der Waals surface area contributed by atoms with Crippen LogP contribution >= 0.6 is 0 Å². The van der Waals surface area contributed by atoms with E-state index in [0.29, 0.717) is 0 Å². The lowest BCUT2D eigenvalue weighted by Gasteiger charge is -2.22. The smallest absolute Gasteiger partial charge is 0.160 e. The lowest BCUT2D eigenvalue weighted by atomic mass is 9.81. The van der Waals surface area contributed by atoms with Crippen molar-refractivity contribution in [2.45, 2.75) is 38.5 Å². The van der Waals surface area contributed by atoms with Gasteiger partial charge in [0.1, 0.15) is 0 Å². The molecule has 11 rings (SSSR count). The van der Waals surface area contributed by atoms with Crippen molar-refractivity contribution >= 4 is 21.5 Å². The molecule has 2 heteroatoms. The van der Waals surface area contributed by atoms with Crippen molar-refractivity contribution in [3.05, 3.63) is 192 Å². The third-order valence-electron chi connectivity index (χ3n) is 12.7. The molecule has 0 bridgehead atoms. The minimum atomic E-state index is -0.110. The van der Waals surface area contributed by atoms with Gasteiger partial charge in [0.05, 0.1) is 11.4 Å². The van der Waals surface area contributed by atoms with Crippen molar-refractivity contribution in [2.75, 3.05) is 0 Å². The lowest BCUT2D eigenvalue weighted by molar-refractivity contribution is 0.660. The fraction of sp³-hybridized carbons (Fsp3) is 0.111. The first kappa shape index (κ1) is 32.8. The second-order valence-electron chi connectivity index (χ2n) is 16.6. The van der Waals surface area contributed by atoms with Crippen molar-refractivity contribution in [3.8, 4) is 67.3 Å². The summed E-state index contributed by atoms with van der Waals surface area (Å²) >= 11 is 0. The molecule has 9 aromatic rings. The third-order valence-corrected chi connectivity index (χ3v) is 12.7. The van der Waals surface area contributed by atoms with Gasteiger partial charge in [-0.15, -0.1) is 0 Å². The molecule has 8 aromatic carbocycles. The average molecular weight is 717 g/mol. The summed E-state index contributed by atoms with van der Waals surface area (Å²) in [6.45, 7) is 9.40. The molecule has 1 aromatic heterocycles. The Hall–Kier alpha value is -6.64. The second kappa shape index (κ2) is 11.9. The molecule has 0 radical (unpaired) electrons. The van der Waals surface area contributed by atoms with Crippen LogP contribution in [0.5, 0.6) is 0 Å². The summed E-state index contributed by atoms with van der Waals surface area (Å²) in [6.07, 6.45) is 0. The van der Waals surface area contributed by atoms with Gasteiger partial charge in [-0.3, -0.25) is 0 Å². The molecule has 2 aliphatic carbocycles.